The van der Waals surface area contributed by atoms with E-state index in [1.807, 2.05) is 0 Å². The number of carbonyl (C=O) groups is 2. The second kappa shape index (κ2) is 7.58. The van der Waals surface area contributed by atoms with Crippen molar-refractivity contribution in [3.63, 3.8) is 0 Å². The Hall–Kier alpha value is -2.85. The standard InChI is InChI=1S/C16H14F2N2O5S/c1-9(15(21)20-14-5-3-2-4-13(14)18)25-16(22)11-8-10(26(19,23)24)6-7-12(11)17/h2-9H,1H3,(H,20,21)(H2,19,23,24)/t9-/m1/s1. The summed E-state index contributed by atoms with van der Waals surface area (Å²) >= 11 is 0. The molecule has 7 nitrogen and oxygen atoms in total. The Kier molecular flexibility index (Phi) is 5.68. The molecule has 0 aliphatic carbocycles. The minimum Gasteiger partial charge on any atom is -0.449 e. The summed E-state index contributed by atoms with van der Waals surface area (Å²) in [5.74, 6) is -3.87. The molecule has 0 unspecified atom stereocenters. The quantitative estimate of drug-likeness (QED) is 0.763. The second-order valence-corrected chi connectivity index (χ2v) is 6.76. The Bertz CT molecular complexity index is 963. The first-order valence-corrected chi connectivity index (χ1v) is 8.73. The number of hydrogen-bond acceptors (Lipinski definition) is 5. The summed E-state index contributed by atoms with van der Waals surface area (Å²) in [5, 5.41) is 7.14. The van der Waals surface area contributed by atoms with Crippen molar-refractivity contribution in [1.29, 1.82) is 0 Å². The summed E-state index contributed by atoms with van der Waals surface area (Å²) in [6, 6.07) is 7.67. The minimum absolute atomic E-state index is 0.122. The molecule has 26 heavy (non-hydrogen) atoms. The van der Waals surface area contributed by atoms with E-state index in [0.717, 1.165) is 18.2 Å². The third-order valence-corrected chi connectivity index (χ3v) is 4.18. The topological polar surface area (TPSA) is 116 Å². The predicted octanol–water partition coefficient (Wildman–Crippen LogP) is 1.80. The third-order valence-electron chi connectivity index (χ3n) is 3.27. The van der Waals surface area contributed by atoms with Crippen LogP contribution in [0.4, 0.5) is 14.5 Å². The molecule has 0 bridgehead atoms. The lowest BCUT2D eigenvalue weighted by Crippen LogP contribution is -2.30. The van der Waals surface area contributed by atoms with Gasteiger partial charge in [0.25, 0.3) is 5.91 Å². The van der Waals surface area contributed by atoms with Crippen LogP contribution in [0.1, 0.15) is 17.3 Å². The van der Waals surface area contributed by atoms with Crippen LogP contribution < -0.4 is 10.5 Å². The van der Waals surface area contributed by atoms with E-state index in [2.05, 4.69) is 5.32 Å². The fourth-order valence-corrected chi connectivity index (χ4v) is 2.45. The van der Waals surface area contributed by atoms with Gasteiger partial charge in [0, 0.05) is 0 Å². The molecule has 0 radical (unpaired) electrons. The molecule has 0 saturated heterocycles. The summed E-state index contributed by atoms with van der Waals surface area (Å²) in [6.45, 7) is 1.19. The van der Waals surface area contributed by atoms with Gasteiger partial charge >= 0.3 is 5.97 Å². The van der Waals surface area contributed by atoms with Crippen LogP contribution >= 0.6 is 0 Å². The van der Waals surface area contributed by atoms with E-state index >= 15 is 0 Å². The van der Waals surface area contributed by atoms with Gasteiger partial charge in [-0.2, -0.15) is 0 Å². The Morgan fingerprint density at radius 3 is 2.38 bits per heavy atom. The van der Waals surface area contributed by atoms with Crippen LogP contribution in [0.2, 0.25) is 0 Å². The van der Waals surface area contributed by atoms with Crippen LogP contribution in [0.5, 0.6) is 0 Å². The van der Waals surface area contributed by atoms with Gasteiger partial charge in [0.05, 0.1) is 16.1 Å². The van der Waals surface area contributed by atoms with Crippen LogP contribution in [0, 0.1) is 11.6 Å². The molecule has 2 aromatic rings. The first kappa shape index (κ1) is 19.5. The number of nitrogens with two attached hydrogens (primary N) is 1. The largest absolute Gasteiger partial charge is 0.449 e. The van der Waals surface area contributed by atoms with Gasteiger partial charge in [-0.1, -0.05) is 12.1 Å². The number of amides is 1. The molecule has 0 spiro atoms. The molecule has 2 aromatic carbocycles. The average molecular weight is 384 g/mol. The molecule has 0 fully saturated rings. The first-order chi connectivity index (χ1) is 12.1. The van der Waals surface area contributed by atoms with E-state index in [1.165, 1.54) is 25.1 Å². The Morgan fingerprint density at radius 2 is 1.77 bits per heavy atom. The highest BCUT2D eigenvalue weighted by molar-refractivity contribution is 7.89. The van der Waals surface area contributed by atoms with Crippen LogP contribution in [0.25, 0.3) is 0 Å². The van der Waals surface area contributed by atoms with Crippen molar-refractivity contribution in [3.05, 3.63) is 59.7 Å². The van der Waals surface area contributed by atoms with E-state index in [1.54, 1.807) is 0 Å². The number of anilines is 1. The van der Waals surface area contributed by atoms with Crippen LogP contribution in [-0.4, -0.2) is 26.4 Å². The van der Waals surface area contributed by atoms with E-state index in [-0.39, 0.29) is 5.69 Å². The lowest BCUT2D eigenvalue weighted by molar-refractivity contribution is -0.123. The number of rotatable bonds is 5. The molecule has 0 saturated carbocycles. The molecule has 1 amide bonds. The fraction of sp³-hybridized carbons (Fsp3) is 0.125. The first-order valence-electron chi connectivity index (χ1n) is 7.18. The van der Waals surface area contributed by atoms with Crippen molar-refractivity contribution in [2.45, 2.75) is 17.9 Å². The van der Waals surface area contributed by atoms with Gasteiger partial charge < -0.3 is 10.1 Å². The van der Waals surface area contributed by atoms with Crippen molar-refractivity contribution in [2.75, 3.05) is 5.32 Å². The lowest BCUT2D eigenvalue weighted by Gasteiger charge is -2.14. The Morgan fingerprint density at radius 1 is 1.12 bits per heavy atom. The second-order valence-electron chi connectivity index (χ2n) is 5.20. The summed E-state index contributed by atoms with van der Waals surface area (Å²) in [5.41, 5.74) is -0.829. The van der Waals surface area contributed by atoms with Gasteiger partial charge in [0.15, 0.2) is 6.10 Å². The Labute approximate surface area is 147 Å². The highest BCUT2D eigenvalue weighted by atomic mass is 32.2. The van der Waals surface area contributed by atoms with Gasteiger partial charge in [0.1, 0.15) is 11.6 Å². The number of para-hydroxylation sites is 1. The van der Waals surface area contributed by atoms with E-state index in [0.29, 0.717) is 6.07 Å². The Balaban J connectivity index is 2.14. The zero-order valence-corrected chi connectivity index (χ0v) is 14.2. The smallest absolute Gasteiger partial charge is 0.341 e. The predicted molar refractivity (Wildman–Crippen MR) is 87.7 cm³/mol. The summed E-state index contributed by atoms with van der Waals surface area (Å²) in [7, 11) is -4.16. The number of halogens is 2. The maximum Gasteiger partial charge on any atom is 0.341 e. The molecule has 138 valence electrons. The fourth-order valence-electron chi connectivity index (χ4n) is 1.91. The van der Waals surface area contributed by atoms with Crippen molar-refractivity contribution >= 4 is 27.6 Å². The van der Waals surface area contributed by atoms with Crippen molar-refractivity contribution < 1.29 is 31.5 Å². The number of carbonyl (C=O) groups excluding carboxylic acids is 2. The number of sulfonamides is 1. The summed E-state index contributed by atoms with van der Waals surface area (Å²) in [6.07, 6.45) is -1.40. The lowest BCUT2D eigenvalue weighted by atomic mass is 10.2. The van der Waals surface area contributed by atoms with Gasteiger partial charge in [0.2, 0.25) is 10.0 Å². The van der Waals surface area contributed by atoms with Crippen LogP contribution in [-0.2, 0) is 19.6 Å². The molecule has 3 N–H and O–H groups in total. The monoisotopic (exact) mass is 384 g/mol. The van der Waals surface area contributed by atoms with Gasteiger partial charge in [-0.25, -0.2) is 27.1 Å². The third kappa shape index (κ3) is 4.61. The van der Waals surface area contributed by atoms with E-state index < -0.39 is 50.1 Å². The van der Waals surface area contributed by atoms with Gasteiger partial charge in [-0.3, -0.25) is 4.79 Å². The molecule has 0 aliphatic rings. The molecule has 0 aliphatic heterocycles. The molecular formula is C16H14F2N2O5S. The van der Waals surface area contributed by atoms with E-state index in [9.17, 15) is 26.8 Å². The average Bonchev–Trinajstić information content (AvgIpc) is 2.56. The molecule has 10 heteroatoms. The number of ether oxygens (including phenoxy) is 1. The molecule has 0 aromatic heterocycles. The maximum absolute atomic E-state index is 13.8. The number of nitrogens with one attached hydrogen (secondary N) is 1. The summed E-state index contributed by atoms with van der Waals surface area (Å²) < 4.78 is 54.7. The molecular weight excluding hydrogens is 370 g/mol. The zero-order chi connectivity index (χ0) is 19.5. The molecule has 1 atom stereocenters. The number of primary sulfonamides is 1. The van der Waals surface area contributed by atoms with Crippen LogP contribution in [0.3, 0.4) is 0 Å². The normalized spacial score (nSPS) is 12.3. The number of hydrogen-bond donors (Lipinski definition) is 2. The number of esters is 1. The van der Waals surface area contributed by atoms with E-state index in [4.69, 9.17) is 9.88 Å². The molecule has 2 rings (SSSR count). The maximum atomic E-state index is 13.8. The van der Waals surface area contributed by atoms with Gasteiger partial charge in [-0.05, 0) is 37.3 Å². The van der Waals surface area contributed by atoms with Crippen molar-refractivity contribution in [1.82, 2.24) is 0 Å². The van der Waals surface area contributed by atoms with Crippen molar-refractivity contribution in [2.24, 2.45) is 5.14 Å². The van der Waals surface area contributed by atoms with Gasteiger partial charge in [-0.15, -0.1) is 0 Å². The summed E-state index contributed by atoms with van der Waals surface area (Å²) in [4.78, 5) is 23.5. The zero-order valence-electron chi connectivity index (χ0n) is 13.4. The van der Waals surface area contributed by atoms with Crippen LogP contribution in [0.15, 0.2) is 47.4 Å². The number of benzene rings is 2. The highest BCUT2D eigenvalue weighted by Gasteiger charge is 2.23. The molecule has 0 heterocycles. The SMILES string of the molecule is C[C@@H](OC(=O)c1cc(S(N)(=O)=O)ccc1F)C(=O)Nc1ccccc1F. The van der Waals surface area contributed by atoms with Crippen molar-refractivity contribution in [3.8, 4) is 0 Å². The highest BCUT2D eigenvalue weighted by Crippen LogP contribution is 2.17. The minimum atomic E-state index is -4.16.